The average Bonchev–Trinajstić information content (AvgIpc) is 3.14. The van der Waals surface area contributed by atoms with Gasteiger partial charge in [-0.3, -0.25) is 14.7 Å². The molecular weight excluding hydrogens is 368 g/mol. The van der Waals surface area contributed by atoms with Gasteiger partial charge in [0.05, 0.1) is 5.69 Å². The van der Waals surface area contributed by atoms with E-state index in [-0.39, 0.29) is 5.56 Å². The first kappa shape index (κ1) is 17.6. The first-order valence-corrected chi connectivity index (χ1v) is 10.8. The third kappa shape index (κ3) is 3.50. The number of hydrogen-bond donors (Lipinski definition) is 1. The molecule has 0 atom stereocenters. The minimum atomic E-state index is 0.0387. The zero-order chi connectivity index (χ0) is 18.9. The SMILES string of the molecule is O=c1[nH]c(N2CCc3ccccc3C2)nc2c1CCN(Cc1cccs1)CC2. The van der Waals surface area contributed by atoms with Crippen molar-refractivity contribution in [3.8, 4) is 0 Å². The quantitative estimate of drug-likeness (QED) is 0.745. The molecule has 0 saturated heterocycles. The molecular formula is C22H24N4OS. The second-order valence-electron chi connectivity index (χ2n) is 7.61. The van der Waals surface area contributed by atoms with Crippen LogP contribution in [-0.4, -0.2) is 34.5 Å². The van der Waals surface area contributed by atoms with Crippen LogP contribution in [0.15, 0.2) is 46.6 Å². The summed E-state index contributed by atoms with van der Waals surface area (Å²) in [5, 5.41) is 2.12. The summed E-state index contributed by atoms with van der Waals surface area (Å²) in [6, 6.07) is 12.8. The van der Waals surface area contributed by atoms with E-state index >= 15 is 0 Å². The fraction of sp³-hybridized carbons (Fsp3) is 0.364. The molecule has 0 saturated carbocycles. The summed E-state index contributed by atoms with van der Waals surface area (Å²) >= 11 is 1.79. The van der Waals surface area contributed by atoms with E-state index in [9.17, 15) is 4.79 Å². The van der Waals surface area contributed by atoms with E-state index < -0.39 is 0 Å². The molecule has 2 aliphatic heterocycles. The minimum Gasteiger partial charge on any atom is -0.338 e. The smallest absolute Gasteiger partial charge is 0.255 e. The average molecular weight is 393 g/mol. The molecule has 2 aromatic heterocycles. The molecule has 5 rings (SSSR count). The van der Waals surface area contributed by atoms with Crippen molar-refractivity contribution in [2.45, 2.75) is 32.4 Å². The highest BCUT2D eigenvalue weighted by atomic mass is 32.1. The maximum absolute atomic E-state index is 12.8. The molecule has 0 unspecified atom stereocenters. The van der Waals surface area contributed by atoms with Gasteiger partial charge in [-0.15, -0.1) is 11.3 Å². The van der Waals surface area contributed by atoms with Crippen LogP contribution in [0.5, 0.6) is 0 Å². The highest BCUT2D eigenvalue weighted by Gasteiger charge is 2.22. The van der Waals surface area contributed by atoms with Gasteiger partial charge in [0.25, 0.3) is 5.56 Å². The predicted molar refractivity (Wildman–Crippen MR) is 113 cm³/mol. The van der Waals surface area contributed by atoms with E-state index in [0.717, 1.165) is 69.2 Å². The van der Waals surface area contributed by atoms with Gasteiger partial charge in [0, 0.05) is 49.6 Å². The zero-order valence-corrected chi connectivity index (χ0v) is 16.7. The Labute approximate surface area is 168 Å². The van der Waals surface area contributed by atoms with Gasteiger partial charge in [-0.25, -0.2) is 4.98 Å². The van der Waals surface area contributed by atoms with Crippen LogP contribution < -0.4 is 10.5 Å². The molecule has 0 bridgehead atoms. The van der Waals surface area contributed by atoms with Gasteiger partial charge in [-0.05, 0) is 35.4 Å². The first-order valence-electron chi connectivity index (χ1n) is 9.95. The summed E-state index contributed by atoms with van der Waals surface area (Å²) in [5.41, 5.74) is 4.62. The molecule has 0 fully saturated rings. The van der Waals surface area contributed by atoms with Crippen LogP contribution >= 0.6 is 11.3 Å². The van der Waals surface area contributed by atoms with Gasteiger partial charge in [-0.2, -0.15) is 0 Å². The molecule has 1 aromatic carbocycles. The third-order valence-corrected chi connectivity index (χ3v) is 6.68. The number of aromatic nitrogens is 2. The normalized spacial score (nSPS) is 17.1. The number of hydrogen-bond acceptors (Lipinski definition) is 5. The van der Waals surface area contributed by atoms with Crippen molar-refractivity contribution in [2.24, 2.45) is 0 Å². The van der Waals surface area contributed by atoms with Crippen molar-refractivity contribution in [1.29, 1.82) is 0 Å². The Hall–Kier alpha value is -2.44. The molecule has 3 aromatic rings. The number of aromatic amines is 1. The Morgan fingerprint density at radius 3 is 2.71 bits per heavy atom. The van der Waals surface area contributed by atoms with Gasteiger partial charge in [0.1, 0.15) is 0 Å². The lowest BCUT2D eigenvalue weighted by Crippen LogP contribution is -2.34. The monoisotopic (exact) mass is 392 g/mol. The lowest BCUT2D eigenvalue weighted by Gasteiger charge is -2.29. The summed E-state index contributed by atoms with van der Waals surface area (Å²) in [5.74, 6) is 0.727. The van der Waals surface area contributed by atoms with Gasteiger partial charge >= 0.3 is 0 Å². The van der Waals surface area contributed by atoms with E-state index in [1.54, 1.807) is 11.3 Å². The van der Waals surface area contributed by atoms with Gasteiger partial charge in [-0.1, -0.05) is 30.3 Å². The molecule has 0 aliphatic carbocycles. The summed E-state index contributed by atoms with van der Waals surface area (Å²) in [4.78, 5) is 26.8. The highest BCUT2D eigenvalue weighted by molar-refractivity contribution is 7.09. The lowest BCUT2D eigenvalue weighted by atomic mass is 10.0. The zero-order valence-electron chi connectivity index (χ0n) is 15.9. The molecule has 28 heavy (non-hydrogen) atoms. The standard InChI is InChI=1S/C22H24N4OS/c27-21-19-8-10-25(15-18-6-3-13-28-18)11-9-20(19)23-22(24-21)26-12-7-16-4-1-2-5-17(16)14-26/h1-6,13H,7-12,14-15H2,(H,23,24,27). The molecule has 0 amide bonds. The van der Waals surface area contributed by atoms with Gasteiger partial charge < -0.3 is 4.90 Å². The molecule has 144 valence electrons. The molecule has 0 radical (unpaired) electrons. The van der Waals surface area contributed by atoms with Crippen LogP contribution in [0.1, 0.15) is 27.3 Å². The molecule has 4 heterocycles. The fourth-order valence-corrected chi connectivity index (χ4v) is 5.00. The molecule has 1 N–H and O–H groups in total. The summed E-state index contributed by atoms with van der Waals surface area (Å²) < 4.78 is 0. The summed E-state index contributed by atoms with van der Waals surface area (Å²) in [6.07, 6.45) is 2.60. The molecule has 6 heteroatoms. The largest absolute Gasteiger partial charge is 0.338 e. The summed E-state index contributed by atoms with van der Waals surface area (Å²) in [6.45, 7) is 4.51. The van der Waals surface area contributed by atoms with Crippen LogP contribution in [0.2, 0.25) is 0 Å². The Morgan fingerprint density at radius 1 is 1.00 bits per heavy atom. The van der Waals surface area contributed by atoms with Crippen molar-refractivity contribution < 1.29 is 0 Å². The van der Waals surface area contributed by atoms with Gasteiger partial charge in [0.15, 0.2) is 0 Å². The Bertz CT molecular complexity index is 1030. The number of anilines is 1. The van der Waals surface area contributed by atoms with E-state index in [0.29, 0.717) is 0 Å². The number of rotatable bonds is 3. The maximum Gasteiger partial charge on any atom is 0.255 e. The van der Waals surface area contributed by atoms with Crippen LogP contribution in [-0.2, 0) is 32.4 Å². The van der Waals surface area contributed by atoms with E-state index in [4.69, 9.17) is 4.98 Å². The lowest BCUT2D eigenvalue weighted by molar-refractivity contribution is 0.281. The van der Waals surface area contributed by atoms with Crippen LogP contribution in [0, 0.1) is 0 Å². The third-order valence-electron chi connectivity index (χ3n) is 5.82. The van der Waals surface area contributed by atoms with E-state index in [1.165, 1.54) is 16.0 Å². The highest BCUT2D eigenvalue weighted by Crippen LogP contribution is 2.23. The first-order chi connectivity index (χ1) is 13.8. The number of nitrogens with one attached hydrogen (secondary N) is 1. The van der Waals surface area contributed by atoms with Crippen molar-refractivity contribution in [3.05, 3.63) is 79.4 Å². The topological polar surface area (TPSA) is 52.2 Å². The van der Waals surface area contributed by atoms with Crippen molar-refractivity contribution in [3.63, 3.8) is 0 Å². The second kappa shape index (κ2) is 7.53. The second-order valence-corrected chi connectivity index (χ2v) is 8.64. The van der Waals surface area contributed by atoms with Crippen molar-refractivity contribution in [2.75, 3.05) is 24.5 Å². The van der Waals surface area contributed by atoms with Crippen molar-refractivity contribution >= 4 is 17.3 Å². The van der Waals surface area contributed by atoms with Gasteiger partial charge in [0.2, 0.25) is 5.95 Å². The number of H-pyrrole nitrogens is 1. The minimum absolute atomic E-state index is 0.0387. The molecule has 2 aliphatic rings. The number of nitrogens with zero attached hydrogens (tertiary/aromatic N) is 3. The van der Waals surface area contributed by atoms with Crippen molar-refractivity contribution in [1.82, 2.24) is 14.9 Å². The number of fused-ring (bicyclic) bond motifs is 2. The van der Waals surface area contributed by atoms with E-state index in [1.807, 2.05) is 0 Å². The Kier molecular flexibility index (Phi) is 4.74. The number of thiophene rings is 1. The van der Waals surface area contributed by atoms with Crippen LogP contribution in [0.4, 0.5) is 5.95 Å². The molecule has 0 spiro atoms. The van der Waals surface area contributed by atoms with Crippen LogP contribution in [0.25, 0.3) is 0 Å². The maximum atomic E-state index is 12.8. The Morgan fingerprint density at radius 2 is 1.86 bits per heavy atom. The van der Waals surface area contributed by atoms with Crippen LogP contribution in [0.3, 0.4) is 0 Å². The fourth-order valence-electron chi connectivity index (χ4n) is 4.25. The Balaban J connectivity index is 1.36. The van der Waals surface area contributed by atoms with E-state index in [2.05, 4.69) is 56.6 Å². The predicted octanol–water partition coefficient (Wildman–Crippen LogP) is 2.99. The summed E-state index contributed by atoms with van der Waals surface area (Å²) in [7, 11) is 0. The molecule has 5 nitrogen and oxygen atoms in total. The number of benzene rings is 1.